The van der Waals surface area contributed by atoms with Crippen LogP contribution >= 0.6 is 0 Å². The lowest BCUT2D eigenvalue weighted by molar-refractivity contribution is 0.0511. The van der Waals surface area contributed by atoms with E-state index in [0.717, 1.165) is 15.8 Å². The second-order valence-corrected chi connectivity index (χ2v) is 5.33. The van der Waals surface area contributed by atoms with Crippen LogP contribution in [0.25, 0.3) is 0 Å². The maximum atomic E-state index is 11.9. The highest BCUT2D eigenvalue weighted by atomic mass is 16.5. The SMILES string of the molecule is O=c1[nH]c(=O)n(COCc2ccccc2)nc1Cc1ccccc1. The van der Waals surface area contributed by atoms with Gasteiger partial charge in [0.1, 0.15) is 12.4 Å². The van der Waals surface area contributed by atoms with E-state index in [9.17, 15) is 9.59 Å². The lowest BCUT2D eigenvalue weighted by Crippen LogP contribution is -2.35. The number of aromatic amines is 1. The van der Waals surface area contributed by atoms with Gasteiger partial charge < -0.3 is 4.74 Å². The minimum atomic E-state index is -0.579. The highest BCUT2D eigenvalue weighted by Crippen LogP contribution is 2.03. The first-order valence-electron chi connectivity index (χ1n) is 7.58. The van der Waals surface area contributed by atoms with Crippen LogP contribution in [-0.4, -0.2) is 14.8 Å². The molecule has 0 saturated carbocycles. The molecule has 0 aliphatic heterocycles. The van der Waals surface area contributed by atoms with E-state index in [1.807, 2.05) is 60.7 Å². The van der Waals surface area contributed by atoms with E-state index in [1.54, 1.807) is 0 Å². The molecule has 0 saturated heterocycles. The van der Waals surface area contributed by atoms with Gasteiger partial charge in [-0.05, 0) is 11.1 Å². The molecule has 2 aromatic carbocycles. The quantitative estimate of drug-likeness (QED) is 0.749. The fraction of sp³-hybridized carbons (Fsp3) is 0.167. The highest BCUT2D eigenvalue weighted by Gasteiger charge is 2.08. The van der Waals surface area contributed by atoms with Gasteiger partial charge in [-0.1, -0.05) is 60.7 Å². The fourth-order valence-electron chi connectivity index (χ4n) is 2.29. The Morgan fingerprint density at radius 2 is 1.54 bits per heavy atom. The van der Waals surface area contributed by atoms with Crippen molar-refractivity contribution in [3.8, 4) is 0 Å². The van der Waals surface area contributed by atoms with E-state index < -0.39 is 11.2 Å². The zero-order valence-electron chi connectivity index (χ0n) is 13.0. The number of ether oxygens (including phenoxy) is 1. The number of H-pyrrole nitrogens is 1. The van der Waals surface area contributed by atoms with Crippen molar-refractivity contribution in [2.24, 2.45) is 0 Å². The maximum absolute atomic E-state index is 11.9. The molecule has 0 spiro atoms. The average molecular weight is 323 g/mol. The molecule has 0 amide bonds. The van der Waals surface area contributed by atoms with Crippen molar-refractivity contribution in [1.29, 1.82) is 0 Å². The van der Waals surface area contributed by atoms with Gasteiger partial charge in [0.25, 0.3) is 5.56 Å². The van der Waals surface area contributed by atoms with Gasteiger partial charge in [-0.2, -0.15) is 9.78 Å². The third-order valence-corrected chi connectivity index (χ3v) is 3.50. The van der Waals surface area contributed by atoms with Gasteiger partial charge in [-0.25, -0.2) is 4.79 Å². The van der Waals surface area contributed by atoms with Crippen LogP contribution in [0, 0.1) is 0 Å². The first kappa shape index (κ1) is 15.9. The summed E-state index contributed by atoms with van der Waals surface area (Å²) in [4.78, 5) is 26.1. The standard InChI is InChI=1S/C18H17N3O3/c22-17-16(11-14-7-3-1-4-8-14)20-21(18(23)19-17)13-24-12-15-9-5-2-6-10-15/h1-10H,11-13H2,(H,19,22,23). The lowest BCUT2D eigenvalue weighted by Gasteiger charge is -2.07. The summed E-state index contributed by atoms with van der Waals surface area (Å²) in [6.07, 6.45) is 0.356. The van der Waals surface area contributed by atoms with Crippen molar-refractivity contribution in [1.82, 2.24) is 14.8 Å². The molecule has 0 atom stereocenters. The molecule has 0 unspecified atom stereocenters. The van der Waals surface area contributed by atoms with Crippen LogP contribution in [0.4, 0.5) is 0 Å². The van der Waals surface area contributed by atoms with Crippen LogP contribution in [0.15, 0.2) is 70.3 Å². The molecular formula is C18H17N3O3. The molecule has 3 rings (SSSR count). The molecule has 0 aliphatic carbocycles. The molecule has 0 bridgehead atoms. The van der Waals surface area contributed by atoms with Crippen LogP contribution in [0.1, 0.15) is 16.8 Å². The highest BCUT2D eigenvalue weighted by molar-refractivity contribution is 5.19. The minimum absolute atomic E-state index is 0.0215. The normalized spacial score (nSPS) is 10.7. The molecule has 122 valence electrons. The Kier molecular flexibility index (Phi) is 4.98. The Balaban J connectivity index is 1.72. The first-order chi connectivity index (χ1) is 11.7. The number of nitrogens with zero attached hydrogens (tertiary/aromatic N) is 2. The summed E-state index contributed by atoms with van der Waals surface area (Å²) in [5, 5.41) is 4.13. The molecule has 6 heteroatoms. The van der Waals surface area contributed by atoms with Gasteiger partial charge in [0.05, 0.1) is 6.61 Å². The van der Waals surface area contributed by atoms with E-state index >= 15 is 0 Å². The van der Waals surface area contributed by atoms with Crippen LogP contribution in [0.2, 0.25) is 0 Å². The predicted molar refractivity (Wildman–Crippen MR) is 89.6 cm³/mol. The van der Waals surface area contributed by atoms with Crippen molar-refractivity contribution < 1.29 is 4.74 Å². The van der Waals surface area contributed by atoms with E-state index in [4.69, 9.17) is 4.74 Å². The van der Waals surface area contributed by atoms with E-state index in [1.165, 1.54) is 0 Å². The minimum Gasteiger partial charge on any atom is -0.354 e. The van der Waals surface area contributed by atoms with Gasteiger partial charge in [-0.3, -0.25) is 9.78 Å². The number of hydrogen-bond donors (Lipinski definition) is 1. The Labute approximate surface area is 138 Å². The predicted octanol–water partition coefficient (Wildman–Crippen LogP) is 1.70. The summed E-state index contributed by atoms with van der Waals surface area (Å²) in [6, 6.07) is 19.1. The van der Waals surface area contributed by atoms with Crippen molar-refractivity contribution in [2.75, 3.05) is 0 Å². The van der Waals surface area contributed by atoms with Gasteiger partial charge in [0, 0.05) is 6.42 Å². The fourth-order valence-corrected chi connectivity index (χ4v) is 2.29. The third kappa shape index (κ3) is 4.05. The molecule has 0 radical (unpaired) electrons. The molecule has 1 aromatic heterocycles. The molecule has 6 nitrogen and oxygen atoms in total. The molecule has 0 aliphatic rings. The van der Waals surface area contributed by atoms with Gasteiger partial charge >= 0.3 is 5.69 Å². The second-order valence-electron chi connectivity index (χ2n) is 5.33. The first-order valence-corrected chi connectivity index (χ1v) is 7.58. The number of rotatable bonds is 6. The van der Waals surface area contributed by atoms with Gasteiger partial charge in [0.15, 0.2) is 0 Å². The van der Waals surface area contributed by atoms with Crippen molar-refractivity contribution >= 4 is 0 Å². The number of benzene rings is 2. The Morgan fingerprint density at radius 3 is 2.21 bits per heavy atom. The molecule has 1 heterocycles. The summed E-state index contributed by atoms with van der Waals surface area (Å²) < 4.78 is 6.64. The summed E-state index contributed by atoms with van der Waals surface area (Å²) >= 11 is 0. The van der Waals surface area contributed by atoms with Gasteiger partial charge in [0.2, 0.25) is 0 Å². The second kappa shape index (κ2) is 7.52. The van der Waals surface area contributed by atoms with E-state index in [0.29, 0.717) is 13.0 Å². The summed E-state index contributed by atoms with van der Waals surface area (Å²) in [5.41, 5.74) is 1.18. The Bertz CT molecular complexity index is 902. The van der Waals surface area contributed by atoms with E-state index in [-0.39, 0.29) is 12.4 Å². The monoisotopic (exact) mass is 323 g/mol. The molecule has 0 fully saturated rings. The largest absolute Gasteiger partial charge is 0.354 e. The molecule has 24 heavy (non-hydrogen) atoms. The summed E-state index contributed by atoms with van der Waals surface area (Å²) in [5.74, 6) is 0. The van der Waals surface area contributed by atoms with Crippen molar-refractivity contribution in [2.45, 2.75) is 19.8 Å². The van der Waals surface area contributed by atoms with Crippen molar-refractivity contribution in [3.05, 3.63) is 98.3 Å². The average Bonchev–Trinajstić information content (AvgIpc) is 2.60. The van der Waals surface area contributed by atoms with E-state index in [2.05, 4.69) is 10.1 Å². The zero-order valence-corrected chi connectivity index (χ0v) is 13.0. The van der Waals surface area contributed by atoms with Crippen LogP contribution < -0.4 is 11.2 Å². The lowest BCUT2D eigenvalue weighted by atomic mass is 10.1. The Hall–Kier alpha value is -2.99. The topological polar surface area (TPSA) is 77.0 Å². The van der Waals surface area contributed by atoms with Crippen LogP contribution in [-0.2, 0) is 24.5 Å². The molecule has 3 aromatic rings. The van der Waals surface area contributed by atoms with Crippen LogP contribution in [0.5, 0.6) is 0 Å². The molecule has 1 N–H and O–H groups in total. The summed E-state index contributed by atoms with van der Waals surface area (Å²) in [6.45, 7) is 0.342. The van der Waals surface area contributed by atoms with Gasteiger partial charge in [-0.15, -0.1) is 0 Å². The summed E-state index contributed by atoms with van der Waals surface area (Å²) in [7, 11) is 0. The number of hydrogen-bond acceptors (Lipinski definition) is 4. The third-order valence-electron chi connectivity index (χ3n) is 3.50. The number of aromatic nitrogens is 3. The zero-order chi connectivity index (χ0) is 16.8. The van der Waals surface area contributed by atoms with Crippen LogP contribution in [0.3, 0.4) is 0 Å². The smallest absolute Gasteiger partial charge is 0.346 e. The number of nitrogens with one attached hydrogen (secondary N) is 1. The molecular weight excluding hydrogens is 306 g/mol. The maximum Gasteiger partial charge on any atom is 0.346 e. The van der Waals surface area contributed by atoms with Crippen molar-refractivity contribution in [3.63, 3.8) is 0 Å². The Morgan fingerprint density at radius 1 is 0.917 bits per heavy atom.